The third kappa shape index (κ3) is 3.37. The second-order valence-corrected chi connectivity index (χ2v) is 9.55. The largest absolute Gasteiger partial charge is 0.385 e. The summed E-state index contributed by atoms with van der Waals surface area (Å²) in [4.78, 5) is 18.8. The molecular formula is C27H28N4O2. The molecule has 6 nitrogen and oxygen atoms in total. The smallest absolute Gasteiger partial charge is 0.253 e. The molecule has 2 aromatic carbocycles. The van der Waals surface area contributed by atoms with Crippen molar-refractivity contribution in [1.29, 1.82) is 0 Å². The zero-order chi connectivity index (χ0) is 22.6. The average Bonchev–Trinajstić information content (AvgIpc) is 3.40. The molecule has 3 N–H and O–H groups in total. The van der Waals surface area contributed by atoms with Crippen LogP contribution in [-0.2, 0) is 18.4 Å². The summed E-state index contributed by atoms with van der Waals surface area (Å²) in [6, 6.07) is 14.0. The van der Waals surface area contributed by atoms with E-state index >= 15 is 0 Å². The molecule has 2 aliphatic rings. The summed E-state index contributed by atoms with van der Waals surface area (Å²) >= 11 is 0. The summed E-state index contributed by atoms with van der Waals surface area (Å²) in [5.41, 5.74) is 7.67. The topological polar surface area (TPSA) is 85.0 Å². The molecule has 3 heterocycles. The maximum atomic E-state index is 13.4. The lowest BCUT2D eigenvalue weighted by Gasteiger charge is -2.38. The van der Waals surface area contributed by atoms with Crippen LogP contribution in [0.4, 0.5) is 0 Å². The van der Waals surface area contributed by atoms with Crippen molar-refractivity contribution in [2.75, 3.05) is 13.1 Å². The Hall–Kier alpha value is -3.38. The molecule has 2 aromatic heterocycles. The van der Waals surface area contributed by atoms with Crippen LogP contribution in [0.1, 0.15) is 51.9 Å². The lowest BCUT2D eigenvalue weighted by atomic mass is 9.84. The molecular weight excluding hydrogens is 412 g/mol. The molecule has 1 amide bonds. The predicted molar refractivity (Wildman–Crippen MR) is 128 cm³/mol. The zero-order valence-electron chi connectivity index (χ0n) is 18.8. The van der Waals surface area contributed by atoms with Crippen molar-refractivity contribution in [3.63, 3.8) is 0 Å². The first-order valence-corrected chi connectivity index (χ1v) is 11.8. The number of hydrogen-bond donors (Lipinski definition) is 3. The number of hydrogen-bond acceptors (Lipinski definition) is 3. The predicted octanol–water partition coefficient (Wildman–Crippen LogP) is 4.48. The van der Waals surface area contributed by atoms with Gasteiger partial charge in [0.1, 0.15) is 0 Å². The second kappa shape index (κ2) is 7.59. The van der Waals surface area contributed by atoms with Gasteiger partial charge in [-0.1, -0.05) is 29.8 Å². The number of rotatable bonds is 2. The third-order valence-electron chi connectivity index (χ3n) is 7.46. The number of aliphatic hydroxyl groups is 1. The van der Waals surface area contributed by atoms with Gasteiger partial charge >= 0.3 is 0 Å². The van der Waals surface area contributed by atoms with E-state index in [4.69, 9.17) is 0 Å². The van der Waals surface area contributed by atoms with Crippen molar-refractivity contribution in [3.05, 3.63) is 76.5 Å². The molecule has 0 unspecified atom stereocenters. The van der Waals surface area contributed by atoms with Gasteiger partial charge in [0.25, 0.3) is 5.91 Å². The Labute approximate surface area is 192 Å². The van der Waals surface area contributed by atoms with Crippen LogP contribution < -0.4 is 0 Å². The highest BCUT2D eigenvalue weighted by Crippen LogP contribution is 2.37. The SMILES string of the molecule is Cc1ccc(C2(O)CCN(C(=O)c3ccc4[nH]c5c(c4c3)CCCc3cn[nH]c3-5)CC2)cc1. The Morgan fingerprint density at radius 3 is 2.64 bits per heavy atom. The van der Waals surface area contributed by atoms with Crippen LogP contribution in [0.2, 0.25) is 0 Å². The average molecular weight is 441 g/mol. The number of H-pyrrole nitrogens is 2. The third-order valence-corrected chi connectivity index (χ3v) is 7.46. The normalized spacial score (nSPS) is 17.5. The first-order valence-electron chi connectivity index (χ1n) is 11.8. The van der Waals surface area contributed by atoms with Gasteiger partial charge in [-0.15, -0.1) is 0 Å². The van der Waals surface area contributed by atoms with Gasteiger partial charge in [0.05, 0.1) is 23.2 Å². The van der Waals surface area contributed by atoms with Crippen LogP contribution in [0, 0.1) is 6.92 Å². The van der Waals surface area contributed by atoms with E-state index in [9.17, 15) is 9.90 Å². The van der Waals surface area contributed by atoms with Gasteiger partial charge in [-0.2, -0.15) is 5.10 Å². The summed E-state index contributed by atoms with van der Waals surface area (Å²) in [5, 5.41) is 19.7. The number of likely N-dealkylation sites (tertiary alicyclic amines) is 1. The van der Waals surface area contributed by atoms with Crippen molar-refractivity contribution in [2.24, 2.45) is 0 Å². The fraction of sp³-hybridized carbons (Fsp3) is 0.333. The van der Waals surface area contributed by atoms with Gasteiger partial charge in [-0.05, 0) is 73.9 Å². The highest BCUT2D eigenvalue weighted by atomic mass is 16.3. The second-order valence-electron chi connectivity index (χ2n) is 9.55. The Bertz CT molecular complexity index is 1340. The number of amides is 1. The van der Waals surface area contributed by atoms with Crippen LogP contribution in [-0.4, -0.2) is 44.2 Å². The van der Waals surface area contributed by atoms with Crippen molar-refractivity contribution >= 4 is 16.8 Å². The van der Waals surface area contributed by atoms with E-state index in [1.807, 2.05) is 60.5 Å². The van der Waals surface area contributed by atoms with Crippen molar-refractivity contribution < 1.29 is 9.90 Å². The molecule has 0 radical (unpaired) electrons. The monoisotopic (exact) mass is 440 g/mol. The van der Waals surface area contributed by atoms with Crippen LogP contribution in [0.25, 0.3) is 22.3 Å². The Balaban J connectivity index is 1.26. The van der Waals surface area contributed by atoms with Crippen LogP contribution in [0.15, 0.2) is 48.7 Å². The van der Waals surface area contributed by atoms with Crippen LogP contribution >= 0.6 is 0 Å². The molecule has 1 aliphatic heterocycles. The van der Waals surface area contributed by atoms with Gasteiger partial charge in [-0.25, -0.2) is 0 Å². The molecule has 0 saturated carbocycles. The minimum Gasteiger partial charge on any atom is -0.385 e. The summed E-state index contributed by atoms with van der Waals surface area (Å²) in [6.07, 6.45) is 6.06. The van der Waals surface area contributed by atoms with Crippen LogP contribution in [0.5, 0.6) is 0 Å². The molecule has 6 rings (SSSR count). The number of aromatic nitrogens is 3. The van der Waals surface area contributed by atoms with Gasteiger partial charge in [0.15, 0.2) is 0 Å². The van der Waals surface area contributed by atoms with E-state index in [0.29, 0.717) is 31.5 Å². The number of aryl methyl sites for hydroxylation is 3. The minimum atomic E-state index is -0.867. The molecule has 0 atom stereocenters. The number of piperidine rings is 1. The quantitative estimate of drug-likeness (QED) is 0.430. The van der Waals surface area contributed by atoms with Gasteiger partial charge < -0.3 is 15.0 Å². The maximum Gasteiger partial charge on any atom is 0.253 e. The Morgan fingerprint density at radius 2 is 1.85 bits per heavy atom. The fourth-order valence-electron chi connectivity index (χ4n) is 5.44. The first-order chi connectivity index (χ1) is 16.0. The van der Waals surface area contributed by atoms with E-state index in [2.05, 4.69) is 15.2 Å². The summed E-state index contributed by atoms with van der Waals surface area (Å²) in [6.45, 7) is 3.14. The number of nitrogens with zero attached hydrogens (tertiary/aromatic N) is 2. The molecule has 1 aliphatic carbocycles. The van der Waals surface area contributed by atoms with Crippen molar-refractivity contribution in [2.45, 2.75) is 44.6 Å². The van der Waals surface area contributed by atoms with E-state index in [1.54, 1.807) is 0 Å². The van der Waals surface area contributed by atoms with E-state index < -0.39 is 5.60 Å². The molecule has 33 heavy (non-hydrogen) atoms. The standard InChI is InChI=1S/C27H28N4O2/c1-17-5-8-20(9-6-17)27(33)11-13-31(14-12-27)26(32)18-7-10-23-22(15-18)21-4-2-3-19-16-28-30-24(19)25(21)29-23/h5-10,15-16,29,33H,2-4,11-14H2,1H3,(H,28,30). The number of fused-ring (bicyclic) bond motifs is 5. The van der Waals surface area contributed by atoms with Gasteiger partial charge in [0, 0.05) is 29.6 Å². The number of carbonyl (C=O) groups excluding carboxylic acids is 1. The van der Waals surface area contributed by atoms with Gasteiger partial charge in [0.2, 0.25) is 0 Å². The molecule has 1 fully saturated rings. The highest BCUT2D eigenvalue weighted by molar-refractivity contribution is 6.00. The molecule has 6 heteroatoms. The van der Waals surface area contributed by atoms with E-state index in [0.717, 1.165) is 47.1 Å². The van der Waals surface area contributed by atoms with E-state index in [1.165, 1.54) is 16.7 Å². The summed E-state index contributed by atoms with van der Waals surface area (Å²) in [7, 11) is 0. The lowest BCUT2D eigenvalue weighted by Crippen LogP contribution is -2.45. The molecule has 0 bridgehead atoms. The number of nitrogens with one attached hydrogen (secondary N) is 2. The van der Waals surface area contributed by atoms with Gasteiger partial charge in [-0.3, -0.25) is 9.89 Å². The number of aromatic amines is 2. The Kier molecular flexibility index (Phi) is 4.66. The number of benzene rings is 2. The van der Waals surface area contributed by atoms with E-state index in [-0.39, 0.29) is 5.91 Å². The Morgan fingerprint density at radius 1 is 1.06 bits per heavy atom. The molecule has 0 spiro atoms. The highest BCUT2D eigenvalue weighted by Gasteiger charge is 2.35. The fourth-order valence-corrected chi connectivity index (χ4v) is 5.44. The molecule has 1 saturated heterocycles. The molecule has 168 valence electrons. The minimum absolute atomic E-state index is 0.0358. The lowest BCUT2D eigenvalue weighted by molar-refractivity contribution is -0.0211. The zero-order valence-corrected chi connectivity index (χ0v) is 18.8. The summed E-state index contributed by atoms with van der Waals surface area (Å²) < 4.78 is 0. The first kappa shape index (κ1) is 20.2. The van der Waals surface area contributed by atoms with Crippen LogP contribution in [0.3, 0.4) is 0 Å². The maximum absolute atomic E-state index is 13.4. The number of carbonyl (C=O) groups is 1. The molecule has 4 aromatic rings. The summed E-state index contributed by atoms with van der Waals surface area (Å²) in [5.74, 6) is 0.0358. The van der Waals surface area contributed by atoms with Crippen molar-refractivity contribution in [3.8, 4) is 11.4 Å². The van der Waals surface area contributed by atoms with Crippen molar-refractivity contribution in [1.82, 2.24) is 20.1 Å².